The second-order valence-electron chi connectivity index (χ2n) is 8.09. The van der Waals surface area contributed by atoms with E-state index < -0.39 is 24.2 Å². The lowest BCUT2D eigenvalue weighted by Crippen LogP contribution is -2.46. The molecule has 1 aromatic rings. The van der Waals surface area contributed by atoms with Crippen molar-refractivity contribution in [1.29, 1.82) is 0 Å². The molecule has 0 spiro atoms. The zero-order valence-corrected chi connectivity index (χ0v) is 16.0. The summed E-state index contributed by atoms with van der Waals surface area (Å²) in [6.45, 7) is 5.46. The standard InChI is InChI=1S/C21H29NO5/c1-14(2)10-16-8-9-26-19-17(11-16)12-22(18(19)20(23)24)21(25)27-13-15-6-4-3-5-7-15/h3-7,14,16-19H,8-13H2,1-2H3,(H,23,24)/t16-,17-,18-,19+/m0/s1. The Bertz CT molecular complexity index is 647. The summed E-state index contributed by atoms with van der Waals surface area (Å²) < 4.78 is 11.3. The molecule has 0 saturated carbocycles. The number of carbonyl (C=O) groups is 2. The predicted molar refractivity (Wildman–Crippen MR) is 100 cm³/mol. The maximum Gasteiger partial charge on any atom is 0.410 e. The van der Waals surface area contributed by atoms with Crippen LogP contribution in [0.1, 0.15) is 38.7 Å². The molecule has 27 heavy (non-hydrogen) atoms. The highest BCUT2D eigenvalue weighted by Gasteiger charge is 2.50. The summed E-state index contributed by atoms with van der Waals surface area (Å²) in [5, 5.41) is 9.73. The molecule has 0 aliphatic carbocycles. The minimum atomic E-state index is -1.03. The first-order valence-corrected chi connectivity index (χ1v) is 9.77. The van der Waals surface area contributed by atoms with E-state index in [-0.39, 0.29) is 12.5 Å². The van der Waals surface area contributed by atoms with Crippen LogP contribution in [0, 0.1) is 17.8 Å². The van der Waals surface area contributed by atoms with Gasteiger partial charge in [-0.1, -0.05) is 44.2 Å². The van der Waals surface area contributed by atoms with Crippen molar-refractivity contribution in [3.8, 4) is 0 Å². The molecule has 1 N–H and O–H groups in total. The number of hydrogen-bond acceptors (Lipinski definition) is 4. The maximum atomic E-state index is 12.6. The van der Waals surface area contributed by atoms with Gasteiger partial charge in [0, 0.05) is 19.1 Å². The Morgan fingerprint density at radius 3 is 2.70 bits per heavy atom. The van der Waals surface area contributed by atoms with E-state index in [0.717, 1.165) is 24.8 Å². The van der Waals surface area contributed by atoms with E-state index in [9.17, 15) is 14.7 Å². The Hall–Kier alpha value is -2.08. The van der Waals surface area contributed by atoms with Crippen LogP contribution >= 0.6 is 0 Å². The van der Waals surface area contributed by atoms with Crippen LogP contribution in [0.25, 0.3) is 0 Å². The number of aliphatic carboxylic acids is 1. The van der Waals surface area contributed by atoms with Gasteiger partial charge in [0.2, 0.25) is 0 Å². The number of carbonyl (C=O) groups excluding carboxylic acids is 1. The van der Waals surface area contributed by atoms with Crippen molar-refractivity contribution in [2.45, 2.75) is 51.9 Å². The highest BCUT2D eigenvalue weighted by atomic mass is 16.6. The fourth-order valence-electron chi connectivity index (χ4n) is 4.40. The van der Waals surface area contributed by atoms with E-state index in [1.165, 1.54) is 4.90 Å². The van der Waals surface area contributed by atoms with Crippen molar-refractivity contribution >= 4 is 12.1 Å². The molecule has 2 saturated heterocycles. The number of ether oxygens (including phenoxy) is 2. The normalized spacial score (nSPS) is 27.9. The lowest BCUT2D eigenvalue weighted by Gasteiger charge is -2.24. The Balaban J connectivity index is 1.68. The molecule has 6 nitrogen and oxygen atoms in total. The molecule has 0 unspecified atom stereocenters. The third-order valence-corrected chi connectivity index (χ3v) is 5.51. The fourth-order valence-corrected chi connectivity index (χ4v) is 4.40. The summed E-state index contributed by atoms with van der Waals surface area (Å²) in [4.78, 5) is 25.8. The summed E-state index contributed by atoms with van der Waals surface area (Å²) >= 11 is 0. The van der Waals surface area contributed by atoms with Crippen LogP contribution < -0.4 is 0 Å². The van der Waals surface area contributed by atoms with Gasteiger partial charge in [0.1, 0.15) is 6.61 Å². The summed E-state index contributed by atoms with van der Waals surface area (Å²) in [5.74, 6) is 0.119. The highest BCUT2D eigenvalue weighted by Crippen LogP contribution is 2.37. The molecule has 3 rings (SSSR count). The number of nitrogens with zero attached hydrogens (tertiary/aromatic N) is 1. The molecule has 2 aliphatic rings. The molecule has 4 atom stereocenters. The molecule has 6 heteroatoms. The van der Waals surface area contributed by atoms with Crippen LogP contribution in [0.2, 0.25) is 0 Å². The molecule has 2 fully saturated rings. The smallest absolute Gasteiger partial charge is 0.410 e. The Morgan fingerprint density at radius 1 is 1.30 bits per heavy atom. The summed E-state index contributed by atoms with van der Waals surface area (Å²) in [6.07, 6.45) is 1.92. The number of likely N-dealkylation sites (tertiary alicyclic amines) is 1. The van der Waals surface area contributed by atoms with Gasteiger partial charge in [-0.2, -0.15) is 0 Å². The van der Waals surface area contributed by atoms with Gasteiger partial charge in [-0.05, 0) is 36.7 Å². The topological polar surface area (TPSA) is 76.1 Å². The van der Waals surface area contributed by atoms with Crippen LogP contribution in [0.5, 0.6) is 0 Å². The summed E-state index contributed by atoms with van der Waals surface area (Å²) in [7, 11) is 0. The molecule has 1 amide bonds. The number of carboxylic acids is 1. The Kier molecular flexibility index (Phi) is 6.37. The quantitative estimate of drug-likeness (QED) is 0.852. The zero-order valence-electron chi connectivity index (χ0n) is 16.0. The van der Waals surface area contributed by atoms with Crippen molar-refractivity contribution in [2.75, 3.05) is 13.2 Å². The second-order valence-corrected chi connectivity index (χ2v) is 8.09. The molecule has 0 radical (unpaired) electrons. The van der Waals surface area contributed by atoms with Gasteiger partial charge < -0.3 is 14.6 Å². The van der Waals surface area contributed by atoms with Gasteiger partial charge in [-0.15, -0.1) is 0 Å². The second kappa shape index (κ2) is 8.74. The molecule has 2 heterocycles. The van der Waals surface area contributed by atoms with Gasteiger partial charge in [-0.25, -0.2) is 9.59 Å². The SMILES string of the molecule is CC(C)C[C@@H]1CCO[C@@H]2[C@@H](C1)CN(C(=O)OCc1ccccc1)[C@@H]2C(=O)O. The average Bonchev–Trinajstić information content (AvgIpc) is 2.88. The van der Waals surface area contributed by atoms with Crippen LogP contribution in [0.3, 0.4) is 0 Å². The maximum absolute atomic E-state index is 12.6. The fraction of sp³-hybridized carbons (Fsp3) is 0.619. The van der Waals surface area contributed by atoms with Crippen molar-refractivity contribution in [3.63, 3.8) is 0 Å². The molecule has 2 aliphatic heterocycles. The lowest BCUT2D eigenvalue weighted by atomic mass is 9.85. The summed E-state index contributed by atoms with van der Waals surface area (Å²) in [5.41, 5.74) is 0.874. The Labute approximate surface area is 160 Å². The first-order valence-electron chi connectivity index (χ1n) is 9.77. The lowest BCUT2D eigenvalue weighted by molar-refractivity contribution is -0.146. The first kappa shape index (κ1) is 19.7. The minimum Gasteiger partial charge on any atom is -0.480 e. The third kappa shape index (κ3) is 4.80. The number of hydrogen-bond donors (Lipinski definition) is 1. The Morgan fingerprint density at radius 2 is 2.04 bits per heavy atom. The van der Waals surface area contributed by atoms with Gasteiger partial charge in [0.15, 0.2) is 6.04 Å². The van der Waals surface area contributed by atoms with Gasteiger partial charge in [-0.3, -0.25) is 4.90 Å². The average molecular weight is 375 g/mol. The molecule has 0 aromatic heterocycles. The molecule has 148 valence electrons. The van der Waals surface area contributed by atoms with E-state index in [0.29, 0.717) is 25.0 Å². The molecule has 1 aromatic carbocycles. The van der Waals surface area contributed by atoms with E-state index in [4.69, 9.17) is 9.47 Å². The minimum absolute atomic E-state index is 0.0432. The number of rotatable bonds is 5. The van der Waals surface area contributed by atoms with Crippen molar-refractivity contribution in [1.82, 2.24) is 4.90 Å². The van der Waals surface area contributed by atoms with Gasteiger partial charge in [0.05, 0.1) is 6.10 Å². The van der Waals surface area contributed by atoms with Crippen molar-refractivity contribution in [3.05, 3.63) is 35.9 Å². The molecular formula is C21H29NO5. The number of benzene rings is 1. The number of amides is 1. The van der Waals surface area contributed by atoms with E-state index in [2.05, 4.69) is 13.8 Å². The molecular weight excluding hydrogens is 346 g/mol. The van der Waals surface area contributed by atoms with Crippen LogP contribution in [0.4, 0.5) is 4.79 Å². The molecule has 0 bridgehead atoms. The van der Waals surface area contributed by atoms with Gasteiger partial charge in [0.25, 0.3) is 0 Å². The summed E-state index contributed by atoms with van der Waals surface area (Å²) in [6, 6.07) is 8.41. The van der Waals surface area contributed by atoms with Crippen molar-refractivity contribution in [2.24, 2.45) is 17.8 Å². The van der Waals surface area contributed by atoms with E-state index in [1.807, 2.05) is 30.3 Å². The van der Waals surface area contributed by atoms with Gasteiger partial charge >= 0.3 is 12.1 Å². The largest absolute Gasteiger partial charge is 0.480 e. The third-order valence-electron chi connectivity index (χ3n) is 5.51. The van der Waals surface area contributed by atoms with Crippen LogP contribution in [-0.2, 0) is 20.9 Å². The highest BCUT2D eigenvalue weighted by molar-refractivity contribution is 5.81. The van der Waals surface area contributed by atoms with E-state index in [1.54, 1.807) is 0 Å². The van der Waals surface area contributed by atoms with Crippen LogP contribution in [-0.4, -0.2) is 47.4 Å². The van der Waals surface area contributed by atoms with Crippen molar-refractivity contribution < 1.29 is 24.2 Å². The van der Waals surface area contributed by atoms with Crippen LogP contribution in [0.15, 0.2) is 30.3 Å². The monoisotopic (exact) mass is 375 g/mol. The zero-order chi connectivity index (χ0) is 19.4. The van der Waals surface area contributed by atoms with E-state index >= 15 is 0 Å². The number of fused-ring (bicyclic) bond motifs is 1. The first-order chi connectivity index (χ1) is 13.0. The predicted octanol–water partition coefficient (Wildman–Crippen LogP) is 3.55. The number of carboxylic acid groups (broad SMARTS) is 1.